The van der Waals surface area contributed by atoms with Crippen molar-refractivity contribution < 1.29 is 5.11 Å². The molecule has 1 aliphatic rings. The molecule has 2 heterocycles. The topological polar surface area (TPSA) is 83.0 Å². The Morgan fingerprint density at radius 2 is 1.89 bits per heavy atom. The van der Waals surface area contributed by atoms with Crippen molar-refractivity contribution >= 4 is 28.2 Å². The number of pyridine rings is 1. The Morgan fingerprint density at radius 1 is 1.07 bits per heavy atom. The second kappa shape index (κ2) is 7.88. The van der Waals surface area contributed by atoms with Crippen LogP contribution in [0.4, 0.5) is 17.3 Å². The van der Waals surface area contributed by atoms with Gasteiger partial charge in [0, 0.05) is 11.4 Å². The molecule has 1 aromatic carbocycles. The van der Waals surface area contributed by atoms with Gasteiger partial charge >= 0.3 is 0 Å². The Bertz CT molecular complexity index is 921. The summed E-state index contributed by atoms with van der Waals surface area (Å²) in [6.45, 7) is 2.08. The first-order valence-corrected chi connectivity index (χ1v) is 9.63. The van der Waals surface area contributed by atoms with Crippen molar-refractivity contribution in [1.29, 1.82) is 0 Å². The summed E-state index contributed by atoms with van der Waals surface area (Å²) in [7, 11) is 0. The van der Waals surface area contributed by atoms with E-state index < -0.39 is 0 Å². The highest BCUT2D eigenvalue weighted by molar-refractivity contribution is 5.82. The summed E-state index contributed by atoms with van der Waals surface area (Å²) in [6.07, 6.45) is 7.84. The molecule has 3 N–H and O–H groups in total. The molecule has 140 valence electrons. The fraction of sp³-hybridized carbons (Fsp3) is 0.381. The van der Waals surface area contributed by atoms with E-state index in [0.717, 1.165) is 60.2 Å². The molecule has 6 heteroatoms. The SMILES string of the molecule is CCc1ncc(Nc2cnc3ccccc3c2)nc1NC1CCC(O)CC1. The van der Waals surface area contributed by atoms with Crippen LogP contribution in [0.3, 0.4) is 0 Å². The number of nitrogens with one attached hydrogen (secondary N) is 2. The molecule has 0 aliphatic heterocycles. The van der Waals surface area contributed by atoms with Gasteiger partial charge in [-0.05, 0) is 44.2 Å². The summed E-state index contributed by atoms with van der Waals surface area (Å²) >= 11 is 0. The monoisotopic (exact) mass is 363 g/mol. The average molecular weight is 363 g/mol. The maximum Gasteiger partial charge on any atom is 0.151 e. The van der Waals surface area contributed by atoms with Crippen LogP contribution in [0.1, 0.15) is 38.3 Å². The lowest BCUT2D eigenvalue weighted by Gasteiger charge is -2.27. The minimum atomic E-state index is -0.159. The number of fused-ring (bicyclic) bond motifs is 1. The van der Waals surface area contributed by atoms with Crippen LogP contribution < -0.4 is 10.6 Å². The van der Waals surface area contributed by atoms with Crippen LogP contribution in [0.25, 0.3) is 10.9 Å². The van der Waals surface area contributed by atoms with Gasteiger partial charge in [0.2, 0.25) is 0 Å². The summed E-state index contributed by atoms with van der Waals surface area (Å²) in [5.41, 5.74) is 2.82. The number of hydrogen-bond acceptors (Lipinski definition) is 6. The lowest BCUT2D eigenvalue weighted by atomic mass is 9.93. The molecule has 27 heavy (non-hydrogen) atoms. The Balaban J connectivity index is 1.53. The molecule has 2 aromatic heterocycles. The Hall–Kier alpha value is -2.73. The molecule has 0 atom stereocenters. The molecular weight excluding hydrogens is 338 g/mol. The predicted molar refractivity (Wildman–Crippen MR) is 108 cm³/mol. The Labute approximate surface area is 159 Å². The van der Waals surface area contributed by atoms with E-state index in [1.54, 1.807) is 6.20 Å². The van der Waals surface area contributed by atoms with E-state index in [4.69, 9.17) is 4.98 Å². The molecule has 6 nitrogen and oxygen atoms in total. The van der Waals surface area contributed by atoms with E-state index in [0.29, 0.717) is 11.9 Å². The first-order chi connectivity index (χ1) is 13.2. The summed E-state index contributed by atoms with van der Waals surface area (Å²) < 4.78 is 0. The molecule has 3 aromatic rings. The number of aryl methyl sites for hydroxylation is 1. The normalized spacial score (nSPS) is 19.8. The summed E-state index contributed by atoms with van der Waals surface area (Å²) in [4.78, 5) is 13.8. The molecule has 1 aliphatic carbocycles. The van der Waals surface area contributed by atoms with E-state index in [2.05, 4.69) is 33.6 Å². The molecule has 0 amide bonds. The molecule has 4 rings (SSSR count). The van der Waals surface area contributed by atoms with Gasteiger partial charge in [-0.1, -0.05) is 25.1 Å². The van der Waals surface area contributed by atoms with Crippen molar-refractivity contribution in [2.75, 3.05) is 10.6 Å². The Kier molecular flexibility index (Phi) is 5.16. The number of anilines is 3. The average Bonchev–Trinajstić information content (AvgIpc) is 2.70. The third-order valence-electron chi connectivity index (χ3n) is 5.08. The van der Waals surface area contributed by atoms with Crippen LogP contribution in [0.2, 0.25) is 0 Å². The highest BCUT2D eigenvalue weighted by Gasteiger charge is 2.20. The maximum atomic E-state index is 9.71. The molecule has 1 fully saturated rings. The number of hydrogen-bond donors (Lipinski definition) is 3. The quantitative estimate of drug-likeness (QED) is 0.634. The van der Waals surface area contributed by atoms with Gasteiger partial charge in [0.05, 0.1) is 35.4 Å². The zero-order valence-electron chi connectivity index (χ0n) is 15.5. The van der Waals surface area contributed by atoms with Crippen molar-refractivity contribution in [3.63, 3.8) is 0 Å². The zero-order valence-corrected chi connectivity index (χ0v) is 15.5. The zero-order chi connectivity index (χ0) is 18.6. The van der Waals surface area contributed by atoms with Crippen LogP contribution in [-0.4, -0.2) is 32.2 Å². The fourth-order valence-corrected chi connectivity index (χ4v) is 3.55. The summed E-state index contributed by atoms with van der Waals surface area (Å²) in [5, 5.41) is 17.6. The van der Waals surface area contributed by atoms with Gasteiger partial charge in [0.1, 0.15) is 5.82 Å². The van der Waals surface area contributed by atoms with E-state index in [1.807, 2.05) is 30.5 Å². The smallest absolute Gasteiger partial charge is 0.151 e. The number of aliphatic hydroxyl groups is 1. The maximum absolute atomic E-state index is 9.71. The molecule has 1 saturated carbocycles. The predicted octanol–water partition coefficient (Wildman–Crippen LogP) is 4.05. The fourth-order valence-electron chi connectivity index (χ4n) is 3.55. The first kappa shape index (κ1) is 17.7. The van der Waals surface area contributed by atoms with Gasteiger partial charge in [-0.25, -0.2) is 4.98 Å². The minimum absolute atomic E-state index is 0.159. The molecule has 0 bridgehead atoms. The van der Waals surface area contributed by atoms with Gasteiger partial charge in [-0.15, -0.1) is 0 Å². The molecular formula is C21H25N5O. The van der Waals surface area contributed by atoms with E-state index in [-0.39, 0.29) is 6.10 Å². The number of aliphatic hydroxyl groups excluding tert-OH is 1. The van der Waals surface area contributed by atoms with Crippen LogP contribution in [0, 0.1) is 0 Å². The number of benzene rings is 1. The van der Waals surface area contributed by atoms with E-state index in [9.17, 15) is 5.11 Å². The molecule has 0 saturated heterocycles. The molecule has 0 radical (unpaired) electrons. The standard InChI is InChI=1S/C21H25N5O/c1-2-18-21(25-15-7-9-17(27)10-8-15)26-20(13-23-18)24-16-11-14-5-3-4-6-19(14)22-12-16/h3-6,11-13,15,17,27H,2,7-10H2,1H3,(H2,24,25,26). The van der Waals surface area contributed by atoms with Gasteiger partial charge < -0.3 is 15.7 Å². The number of para-hydroxylation sites is 1. The van der Waals surface area contributed by atoms with Crippen LogP contribution in [-0.2, 0) is 6.42 Å². The highest BCUT2D eigenvalue weighted by atomic mass is 16.3. The molecule has 0 spiro atoms. The second-order valence-electron chi connectivity index (χ2n) is 7.10. The largest absolute Gasteiger partial charge is 0.393 e. The highest BCUT2D eigenvalue weighted by Crippen LogP contribution is 2.25. The number of aromatic nitrogens is 3. The second-order valence-corrected chi connectivity index (χ2v) is 7.10. The van der Waals surface area contributed by atoms with Crippen LogP contribution in [0.15, 0.2) is 42.7 Å². The van der Waals surface area contributed by atoms with Crippen molar-refractivity contribution in [2.24, 2.45) is 0 Å². The molecule has 0 unspecified atom stereocenters. The summed E-state index contributed by atoms with van der Waals surface area (Å²) in [6, 6.07) is 10.4. The Morgan fingerprint density at radius 3 is 2.70 bits per heavy atom. The van der Waals surface area contributed by atoms with Crippen molar-refractivity contribution in [3.05, 3.63) is 48.4 Å². The van der Waals surface area contributed by atoms with E-state index >= 15 is 0 Å². The lowest BCUT2D eigenvalue weighted by molar-refractivity contribution is 0.126. The van der Waals surface area contributed by atoms with Gasteiger partial charge in [0.15, 0.2) is 5.82 Å². The number of nitrogens with zero attached hydrogens (tertiary/aromatic N) is 3. The third-order valence-corrected chi connectivity index (χ3v) is 5.08. The van der Waals surface area contributed by atoms with E-state index in [1.165, 1.54) is 0 Å². The third kappa shape index (κ3) is 4.17. The lowest BCUT2D eigenvalue weighted by Crippen LogP contribution is -2.29. The minimum Gasteiger partial charge on any atom is -0.393 e. The number of rotatable bonds is 5. The summed E-state index contributed by atoms with van der Waals surface area (Å²) in [5.74, 6) is 1.53. The van der Waals surface area contributed by atoms with Crippen molar-refractivity contribution in [1.82, 2.24) is 15.0 Å². The van der Waals surface area contributed by atoms with Gasteiger partial charge in [0.25, 0.3) is 0 Å². The van der Waals surface area contributed by atoms with Gasteiger partial charge in [-0.3, -0.25) is 9.97 Å². The van der Waals surface area contributed by atoms with Crippen LogP contribution >= 0.6 is 0 Å². The van der Waals surface area contributed by atoms with Crippen molar-refractivity contribution in [3.8, 4) is 0 Å². The van der Waals surface area contributed by atoms with Crippen molar-refractivity contribution in [2.45, 2.75) is 51.2 Å². The van der Waals surface area contributed by atoms with Crippen LogP contribution in [0.5, 0.6) is 0 Å². The first-order valence-electron chi connectivity index (χ1n) is 9.63. The van der Waals surface area contributed by atoms with Gasteiger partial charge in [-0.2, -0.15) is 0 Å².